The van der Waals surface area contributed by atoms with Gasteiger partial charge in [0, 0.05) is 19.2 Å². The van der Waals surface area contributed by atoms with Gasteiger partial charge in [-0.1, -0.05) is 0 Å². The van der Waals surface area contributed by atoms with Gasteiger partial charge >= 0.3 is 0 Å². The maximum absolute atomic E-state index is 12.5. The van der Waals surface area contributed by atoms with Crippen molar-refractivity contribution in [1.29, 1.82) is 0 Å². The van der Waals surface area contributed by atoms with Crippen molar-refractivity contribution in [3.8, 4) is 11.5 Å². The number of nitrogens with zero attached hydrogens (tertiary/aromatic N) is 1. The Morgan fingerprint density at radius 2 is 1.71 bits per heavy atom. The van der Waals surface area contributed by atoms with E-state index in [0.717, 1.165) is 19.3 Å². The van der Waals surface area contributed by atoms with Crippen molar-refractivity contribution in [1.82, 2.24) is 9.62 Å². The number of benzene rings is 1. The molecule has 0 aromatic heterocycles. The van der Waals surface area contributed by atoms with Crippen LogP contribution < -0.4 is 14.2 Å². The van der Waals surface area contributed by atoms with E-state index in [2.05, 4.69) is 4.72 Å². The van der Waals surface area contributed by atoms with E-state index in [4.69, 9.17) is 9.47 Å². The zero-order valence-electron chi connectivity index (χ0n) is 14.3. The van der Waals surface area contributed by atoms with Crippen molar-refractivity contribution in [2.24, 2.45) is 0 Å². The lowest BCUT2D eigenvalue weighted by molar-refractivity contribution is -0.130. The summed E-state index contributed by atoms with van der Waals surface area (Å²) in [4.78, 5) is 13.9. The fourth-order valence-electron chi connectivity index (χ4n) is 2.74. The minimum atomic E-state index is -3.82. The van der Waals surface area contributed by atoms with E-state index in [1.807, 2.05) is 0 Å². The molecule has 0 bridgehead atoms. The Bertz CT molecular complexity index is 697. The smallest absolute Gasteiger partial charge is 0.241 e. The lowest BCUT2D eigenvalue weighted by Crippen LogP contribution is -2.42. The van der Waals surface area contributed by atoms with E-state index >= 15 is 0 Å². The third-order valence-electron chi connectivity index (χ3n) is 4.09. The van der Waals surface area contributed by atoms with Crippen LogP contribution in [0.3, 0.4) is 0 Å². The number of carbonyl (C=O) groups excluding carboxylic acids is 1. The lowest BCUT2D eigenvalue weighted by Gasteiger charge is -2.26. The Labute approximate surface area is 143 Å². The van der Waals surface area contributed by atoms with E-state index in [1.54, 1.807) is 17.9 Å². The van der Waals surface area contributed by atoms with Crippen LogP contribution in [-0.4, -0.2) is 53.1 Å². The van der Waals surface area contributed by atoms with Crippen LogP contribution in [0.2, 0.25) is 0 Å². The molecule has 2 rings (SSSR count). The molecule has 0 radical (unpaired) electrons. The van der Waals surface area contributed by atoms with Gasteiger partial charge < -0.3 is 14.4 Å². The van der Waals surface area contributed by atoms with Crippen LogP contribution in [0.1, 0.15) is 24.8 Å². The van der Waals surface area contributed by atoms with Crippen LogP contribution in [0.5, 0.6) is 11.5 Å². The van der Waals surface area contributed by atoms with Crippen molar-refractivity contribution in [3.63, 3.8) is 0 Å². The molecule has 24 heavy (non-hydrogen) atoms. The van der Waals surface area contributed by atoms with Gasteiger partial charge in [-0.3, -0.25) is 4.79 Å². The number of amides is 1. The van der Waals surface area contributed by atoms with E-state index < -0.39 is 10.0 Å². The fourth-order valence-corrected chi connectivity index (χ4v) is 3.96. The number of ether oxygens (including phenoxy) is 2. The Hall–Kier alpha value is -1.80. The number of nitrogens with one attached hydrogen (secondary N) is 1. The highest BCUT2D eigenvalue weighted by atomic mass is 32.2. The van der Waals surface area contributed by atoms with Gasteiger partial charge in [0.15, 0.2) is 11.5 Å². The van der Waals surface area contributed by atoms with Gasteiger partial charge in [-0.15, -0.1) is 0 Å². The molecular weight excluding hydrogens is 332 g/mol. The Balaban J connectivity index is 2.13. The maximum atomic E-state index is 12.5. The first kappa shape index (κ1) is 18.5. The van der Waals surface area contributed by atoms with Crippen LogP contribution in [0.4, 0.5) is 0 Å². The van der Waals surface area contributed by atoms with Crippen molar-refractivity contribution in [2.45, 2.75) is 31.1 Å². The molecule has 1 aliphatic heterocycles. The zero-order chi connectivity index (χ0) is 17.7. The highest BCUT2D eigenvalue weighted by Gasteiger charge is 2.23. The van der Waals surface area contributed by atoms with Crippen LogP contribution in [0.15, 0.2) is 17.0 Å². The summed E-state index contributed by atoms with van der Waals surface area (Å²) >= 11 is 0. The number of likely N-dealkylation sites (tertiary alicyclic amines) is 1. The monoisotopic (exact) mass is 356 g/mol. The molecule has 0 atom stereocenters. The van der Waals surface area contributed by atoms with E-state index in [-0.39, 0.29) is 17.3 Å². The standard InChI is InChI=1S/C16H24N2O5S/c1-12-9-13(22-2)14(23-3)10-15(12)24(20,21)17-11-16(19)18-7-5-4-6-8-18/h9-10,17H,4-8,11H2,1-3H3. The quantitative estimate of drug-likeness (QED) is 0.830. The number of methoxy groups -OCH3 is 2. The summed E-state index contributed by atoms with van der Waals surface area (Å²) in [7, 11) is -0.887. The molecule has 1 fully saturated rings. The highest BCUT2D eigenvalue weighted by molar-refractivity contribution is 7.89. The van der Waals surface area contributed by atoms with Crippen molar-refractivity contribution < 1.29 is 22.7 Å². The average Bonchev–Trinajstić information content (AvgIpc) is 2.59. The zero-order valence-corrected chi connectivity index (χ0v) is 15.1. The molecule has 1 saturated heterocycles. The molecule has 0 aliphatic carbocycles. The van der Waals surface area contributed by atoms with Crippen LogP contribution >= 0.6 is 0 Å². The summed E-state index contributed by atoms with van der Waals surface area (Å²) in [6.45, 7) is 2.81. The molecule has 0 unspecified atom stereocenters. The van der Waals surface area contributed by atoms with Gasteiger partial charge in [0.25, 0.3) is 0 Å². The van der Waals surface area contributed by atoms with Gasteiger partial charge in [-0.05, 0) is 37.8 Å². The minimum Gasteiger partial charge on any atom is -0.493 e. The van der Waals surface area contributed by atoms with Gasteiger partial charge in [-0.25, -0.2) is 13.1 Å². The summed E-state index contributed by atoms with van der Waals surface area (Å²) in [5, 5.41) is 0. The fraction of sp³-hybridized carbons (Fsp3) is 0.562. The molecule has 1 aromatic rings. The molecule has 1 aromatic carbocycles. The SMILES string of the molecule is COc1cc(C)c(S(=O)(=O)NCC(=O)N2CCCCC2)cc1OC. The number of hydrogen-bond donors (Lipinski definition) is 1. The first-order chi connectivity index (χ1) is 11.4. The van der Waals surface area contributed by atoms with Crippen molar-refractivity contribution in [2.75, 3.05) is 33.9 Å². The van der Waals surface area contributed by atoms with Gasteiger partial charge in [-0.2, -0.15) is 0 Å². The molecule has 7 nitrogen and oxygen atoms in total. The molecular formula is C16H24N2O5S. The van der Waals surface area contributed by atoms with Gasteiger partial charge in [0.2, 0.25) is 15.9 Å². The van der Waals surface area contributed by atoms with Crippen molar-refractivity contribution >= 4 is 15.9 Å². The number of hydrogen-bond acceptors (Lipinski definition) is 5. The highest BCUT2D eigenvalue weighted by Crippen LogP contribution is 2.32. The molecule has 134 valence electrons. The summed E-state index contributed by atoms with van der Waals surface area (Å²) in [5.74, 6) is 0.584. The summed E-state index contributed by atoms with van der Waals surface area (Å²) < 4.78 is 37.8. The van der Waals surface area contributed by atoms with Gasteiger partial charge in [0.1, 0.15) is 0 Å². The van der Waals surface area contributed by atoms with E-state index in [9.17, 15) is 13.2 Å². The third-order valence-corrected chi connectivity index (χ3v) is 5.64. The molecule has 0 saturated carbocycles. The van der Waals surface area contributed by atoms with Gasteiger partial charge in [0.05, 0.1) is 25.7 Å². The third kappa shape index (κ3) is 4.18. The largest absolute Gasteiger partial charge is 0.493 e. The topological polar surface area (TPSA) is 84.9 Å². The first-order valence-electron chi connectivity index (χ1n) is 7.89. The number of piperidine rings is 1. The average molecular weight is 356 g/mol. The predicted octanol–water partition coefficient (Wildman–Crippen LogP) is 1.30. The second-order valence-corrected chi connectivity index (χ2v) is 7.47. The number of rotatable bonds is 6. The summed E-state index contributed by atoms with van der Waals surface area (Å²) in [6.07, 6.45) is 3.04. The van der Waals surface area contributed by atoms with E-state index in [0.29, 0.717) is 30.2 Å². The number of aryl methyl sites for hydroxylation is 1. The Morgan fingerprint density at radius 1 is 1.12 bits per heavy atom. The van der Waals surface area contributed by atoms with Crippen LogP contribution in [-0.2, 0) is 14.8 Å². The summed E-state index contributed by atoms with van der Waals surface area (Å²) in [6, 6.07) is 3.00. The summed E-state index contributed by atoms with van der Waals surface area (Å²) in [5.41, 5.74) is 0.519. The van der Waals surface area contributed by atoms with Crippen LogP contribution in [0.25, 0.3) is 0 Å². The number of carbonyl (C=O) groups is 1. The normalized spacial score (nSPS) is 15.2. The number of sulfonamides is 1. The second kappa shape index (κ2) is 7.85. The Kier molecular flexibility index (Phi) is 6.06. The van der Waals surface area contributed by atoms with Crippen LogP contribution in [0, 0.1) is 6.92 Å². The van der Waals surface area contributed by atoms with Crippen molar-refractivity contribution in [3.05, 3.63) is 17.7 Å². The minimum absolute atomic E-state index is 0.0756. The molecule has 0 spiro atoms. The molecule has 1 amide bonds. The van der Waals surface area contributed by atoms with E-state index in [1.165, 1.54) is 20.3 Å². The predicted molar refractivity (Wildman–Crippen MR) is 89.9 cm³/mol. The molecule has 1 N–H and O–H groups in total. The molecule has 1 aliphatic rings. The Morgan fingerprint density at radius 3 is 2.29 bits per heavy atom. The second-order valence-electron chi connectivity index (χ2n) is 5.74. The lowest BCUT2D eigenvalue weighted by atomic mass is 10.1. The molecule has 1 heterocycles. The molecule has 8 heteroatoms. The first-order valence-corrected chi connectivity index (χ1v) is 9.37. The maximum Gasteiger partial charge on any atom is 0.241 e.